The van der Waals surface area contributed by atoms with Crippen LogP contribution in [0.4, 0.5) is 9.59 Å². The Morgan fingerprint density at radius 3 is 1.54 bits per heavy atom. The lowest BCUT2D eigenvalue weighted by atomic mass is 10.9. The van der Waals surface area contributed by atoms with Gasteiger partial charge in [0.1, 0.15) is 0 Å². The third-order valence-electron chi connectivity index (χ3n) is 0.836. The summed E-state index contributed by atoms with van der Waals surface area (Å²) >= 11 is 0. The molecule has 0 aliphatic rings. The van der Waals surface area contributed by atoms with Crippen molar-refractivity contribution >= 4 is 12.2 Å². The summed E-state index contributed by atoms with van der Waals surface area (Å²) < 4.78 is 8.45. The normalized spacial score (nSPS) is 6.92. The number of carbonyl (C=O) groups is 2. The van der Waals surface area contributed by atoms with Gasteiger partial charge in [-0.05, 0) is 0 Å². The highest BCUT2D eigenvalue weighted by molar-refractivity contribution is 5.69. The highest BCUT2D eigenvalue weighted by Gasteiger charge is 1.99. The van der Waals surface area contributed by atoms with Gasteiger partial charge in [0.05, 0.1) is 20.9 Å². The van der Waals surface area contributed by atoms with E-state index in [-0.39, 0.29) is 21.5 Å². The monoisotopic (exact) mass is 194 g/mol. The first-order chi connectivity index (χ1) is 5.20. The number of rotatable bonds is 2. The summed E-state index contributed by atoms with van der Waals surface area (Å²) in [6.07, 6.45) is -1.22. The zero-order valence-electron chi connectivity index (χ0n) is 6.34. The molecule has 6 heteroatoms. The predicted octanol–water partition coefficient (Wildman–Crippen LogP) is 0.928. The van der Waals surface area contributed by atoms with Gasteiger partial charge < -0.3 is 20.1 Å². The van der Waals surface area contributed by atoms with Gasteiger partial charge >= 0.3 is 12.2 Å². The van der Waals surface area contributed by atoms with Crippen molar-refractivity contribution in [3.8, 4) is 0 Å². The molecule has 0 aliphatic heterocycles. The molecule has 0 radical (unpaired) electrons. The summed E-state index contributed by atoms with van der Waals surface area (Å²) in [5.74, 6) is 0. The minimum atomic E-state index is -0.610. The van der Waals surface area contributed by atoms with E-state index in [0.29, 0.717) is 0 Å². The second-order valence-corrected chi connectivity index (χ2v) is 1.51. The van der Waals surface area contributed by atoms with Gasteiger partial charge in [0, 0.05) is 0 Å². The van der Waals surface area contributed by atoms with Crippen LogP contribution in [0.5, 0.6) is 0 Å². The molecule has 0 heterocycles. The molecule has 0 aromatic rings. The molecule has 0 aliphatic carbocycles. The Labute approximate surface area is 78.6 Å². The maximum Gasteiger partial charge on any atom is 0.408 e. The van der Waals surface area contributed by atoms with Crippen molar-refractivity contribution in [1.82, 2.24) is 10.6 Å². The molecule has 0 saturated heterocycles. The second-order valence-electron chi connectivity index (χ2n) is 1.51. The Morgan fingerprint density at radius 1 is 1.00 bits per heavy atom. The Hall–Kier alpha value is -1.46. The number of methoxy groups -OCH3 is 2. The molecule has 0 bridgehead atoms. The fourth-order valence-electron chi connectivity index (χ4n) is 0.333. The lowest BCUT2D eigenvalue weighted by molar-refractivity contribution is 0.162. The Balaban J connectivity index is -0.000000500. The first-order valence-corrected chi connectivity index (χ1v) is 2.84. The SMILES string of the molecule is C.C.COC(=O)NCNC(=O)OC. The minimum absolute atomic E-state index is 0. The molecule has 0 aromatic carbocycles. The fourth-order valence-corrected chi connectivity index (χ4v) is 0.333. The van der Waals surface area contributed by atoms with Crippen molar-refractivity contribution < 1.29 is 19.1 Å². The van der Waals surface area contributed by atoms with Crippen LogP contribution < -0.4 is 10.6 Å². The van der Waals surface area contributed by atoms with Crippen molar-refractivity contribution in [2.24, 2.45) is 0 Å². The van der Waals surface area contributed by atoms with Gasteiger partial charge in [0.15, 0.2) is 0 Å². The topological polar surface area (TPSA) is 76.7 Å². The Morgan fingerprint density at radius 2 is 1.31 bits per heavy atom. The quantitative estimate of drug-likeness (QED) is 0.641. The second kappa shape index (κ2) is 10.5. The Kier molecular flexibility index (Phi) is 14.3. The molecule has 0 rings (SSSR count). The van der Waals surface area contributed by atoms with Gasteiger partial charge in [-0.3, -0.25) is 0 Å². The van der Waals surface area contributed by atoms with Crippen LogP contribution in [0.3, 0.4) is 0 Å². The molecule has 0 unspecified atom stereocenters. The molecule has 6 nitrogen and oxygen atoms in total. The maximum absolute atomic E-state index is 10.4. The number of carbonyl (C=O) groups excluding carboxylic acids is 2. The molecule has 0 spiro atoms. The number of amides is 2. The maximum atomic E-state index is 10.4. The number of ether oxygens (including phenoxy) is 2. The van der Waals surface area contributed by atoms with Gasteiger partial charge in [-0.2, -0.15) is 0 Å². The van der Waals surface area contributed by atoms with E-state index in [1.54, 1.807) is 0 Å². The van der Waals surface area contributed by atoms with E-state index in [9.17, 15) is 9.59 Å². The summed E-state index contributed by atoms with van der Waals surface area (Å²) in [7, 11) is 2.46. The van der Waals surface area contributed by atoms with Crippen LogP contribution in [0.1, 0.15) is 14.9 Å². The molecule has 80 valence electrons. The van der Waals surface area contributed by atoms with E-state index in [0.717, 1.165) is 0 Å². The van der Waals surface area contributed by atoms with Crippen LogP contribution in [0, 0.1) is 0 Å². The third kappa shape index (κ3) is 10.5. The third-order valence-corrected chi connectivity index (χ3v) is 0.836. The summed E-state index contributed by atoms with van der Waals surface area (Å²) in [5, 5.41) is 4.45. The average molecular weight is 194 g/mol. The zero-order chi connectivity index (χ0) is 8.69. The summed E-state index contributed by atoms with van der Waals surface area (Å²) in [6, 6.07) is 0. The molecule has 0 fully saturated rings. The number of alkyl carbamates (subject to hydrolysis) is 2. The summed E-state index contributed by atoms with van der Waals surface area (Å²) in [4.78, 5) is 20.7. The van der Waals surface area contributed by atoms with Gasteiger partial charge in [-0.1, -0.05) is 14.9 Å². The van der Waals surface area contributed by atoms with Crippen LogP contribution >= 0.6 is 0 Å². The van der Waals surface area contributed by atoms with Crippen molar-refractivity contribution in [2.75, 3.05) is 20.9 Å². The number of hydrogen-bond donors (Lipinski definition) is 2. The van der Waals surface area contributed by atoms with E-state index in [2.05, 4.69) is 20.1 Å². The average Bonchev–Trinajstić information content (AvgIpc) is 2.04. The van der Waals surface area contributed by atoms with E-state index >= 15 is 0 Å². The standard InChI is InChI=1S/C5H10N2O4.2CH4/c1-10-4(8)6-3-7-5(9)11-2;;/h3H2,1-2H3,(H,6,8)(H,7,9);2*1H4. The lowest BCUT2D eigenvalue weighted by Crippen LogP contribution is -2.36. The van der Waals surface area contributed by atoms with Crippen molar-refractivity contribution in [3.63, 3.8) is 0 Å². The van der Waals surface area contributed by atoms with Crippen LogP contribution in [0.2, 0.25) is 0 Å². The number of hydrogen-bond acceptors (Lipinski definition) is 4. The van der Waals surface area contributed by atoms with Gasteiger partial charge in [-0.15, -0.1) is 0 Å². The molecule has 2 amide bonds. The minimum Gasteiger partial charge on any atom is -0.453 e. The van der Waals surface area contributed by atoms with Crippen LogP contribution in [0.15, 0.2) is 0 Å². The zero-order valence-corrected chi connectivity index (χ0v) is 6.34. The van der Waals surface area contributed by atoms with E-state index in [1.807, 2.05) is 0 Å². The molecular weight excluding hydrogens is 176 g/mol. The van der Waals surface area contributed by atoms with Gasteiger partial charge in [0.25, 0.3) is 0 Å². The van der Waals surface area contributed by atoms with E-state index in [4.69, 9.17) is 0 Å². The van der Waals surface area contributed by atoms with Crippen LogP contribution in [-0.4, -0.2) is 33.1 Å². The molecule has 0 atom stereocenters. The van der Waals surface area contributed by atoms with Gasteiger partial charge in [0.2, 0.25) is 0 Å². The first-order valence-electron chi connectivity index (χ1n) is 2.84. The van der Waals surface area contributed by atoms with Crippen LogP contribution in [0.25, 0.3) is 0 Å². The fraction of sp³-hybridized carbons (Fsp3) is 0.714. The van der Waals surface area contributed by atoms with Crippen molar-refractivity contribution in [3.05, 3.63) is 0 Å². The highest BCUT2D eigenvalue weighted by atomic mass is 16.5. The molecule has 13 heavy (non-hydrogen) atoms. The first kappa shape index (κ1) is 17.6. The molecular formula is C7H18N2O4. The van der Waals surface area contributed by atoms with Crippen molar-refractivity contribution in [2.45, 2.75) is 14.9 Å². The highest BCUT2D eigenvalue weighted by Crippen LogP contribution is 1.70. The Bertz CT molecular complexity index is 133. The smallest absolute Gasteiger partial charge is 0.408 e. The summed E-state index contributed by atoms with van der Waals surface area (Å²) in [5.41, 5.74) is 0. The lowest BCUT2D eigenvalue weighted by Gasteiger charge is -2.03. The van der Waals surface area contributed by atoms with Crippen LogP contribution in [-0.2, 0) is 9.47 Å². The largest absolute Gasteiger partial charge is 0.453 e. The molecule has 2 N–H and O–H groups in total. The van der Waals surface area contributed by atoms with Crippen molar-refractivity contribution in [1.29, 1.82) is 0 Å². The predicted molar refractivity (Wildman–Crippen MR) is 49.4 cm³/mol. The number of nitrogens with one attached hydrogen (secondary N) is 2. The van der Waals surface area contributed by atoms with Gasteiger partial charge in [-0.25, -0.2) is 9.59 Å². The van der Waals surface area contributed by atoms with E-state index in [1.165, 1.54) is 14.2 Å². The summed E-state index contributed by atoms with van der Waals surface area (Å²) in [6.45, 7) is -0.0145. The molecule has 0 saturated carbocycles. The van der Waals surface area contributed by atoms with E-state index < -0.39 is 12.2 Å². The molecule has 0 aromatic heterocycles.